The maximum Gasteiger partial charge on any atom is 0.129 e. The van der Waals surface area contributed by atoms with Crippen LogP contribution in [-0.2, 0) is 4.74 Å². The summed E-state index contributed by atoms with van der Waals surface area (Å²) >= 11 is 1.83. The fourth-order valence-corrected chi connectivity index (χ4v) is 2.23. The third-order valence-electron chi connectivity index (χ3n) is 1.72. The van der Waals surface area contributed by atoms with Crippen LogP contribution in [0.1, 0.15) is 20.3 Å². The predicted octanol–water partition coefficient (Wildman–Crippen LogP) is 2.43. The summed E-state index contributed by atoms with van der Waals surface area (Å²) in [6.07, 6.45) is 3.44. The molecule has 1 heterocycles. The van der Waals surface area contributed by atoms with Gasteiger partial charge in [-0.05, 0) is 26.0 Å². The summed E-state index contributed by atoms with van der Waals surface area (Å²) in [6, 6.07) is 0. The van der Waals surface area contributed by atoms with E-state index >= 15 is 0 Å². The first-order chi connectivity index (χ1) is 4.66. The first kappa shape index (κ1) is 8.15. The molecule has 0 amide bonds. The van der Waals surface area contributed by atoms with Gasteiger partial charge >= 0.3 is 0 Å². The Labute approximate surface area is 66.8 Å². The lowest BCUT2D eigenvalue weighted by atomic mass is 10.3. The highest BCUT2D eigenvalue weighted by Crippen LogP contribution is 2.34. The van der Waals surface area contributed by atoms with Gasteiger partial charge in [0.25, 0.3) is 0 Å². The number of hydrogen-bond acceptors (Lipinski definition) is 2. The Bertz CT molecular complexity index is 135. The Morgan fingerprint density at radius 3 is 2.90 bits per heavy atom. The van der Waals surface area contributed by atoms with E-state index in [0.29, 0.717) is 6.10 Å². The molecule has 0 spiro atoms. The van der Waals surface area contributed by atoms with Crippen LogP contribution in [0.15, 0.2) is 12.7 Å². The molecule has 10 heavy (non-hydrogen) atoms. The summed E-state index contributed by atoms with van der Waals surface area (Å²) in [5.74, 6) is 1.18. The summed E-state index contributed by atoms with van der Waals surface area (Å²) < 4.78 is 5.67. The van der Waals surface area contributed by atoms with E-state index in [1.165, 1.54) is 5.75 Å². The van der Waals surface area contributed by atoms with Crippen LogP contribution < -0.4 is 0 Å². The van der Waals surface area contributed by atoms with E-state index in [1.807, 2.05) is 17.8 Å². The Kier molecular flexibility index (Phi) is 2.42. The van der Waals surface area contributed by atoms with Gasteiger partial charge in [-0.2, -0.15) is 0 Å². The second-order valence-corrected chi connectivity index (χ2v) is 4.29. The van der Waals surface area contributed by atoms with Gasteiger partial charge in [-0.25, -0.2) is 0 Å². The van der Waals surface area contributed by atoms with Crippen LogP contribution in [0.3, 0.4) is 0 Å². The molecule has 58 valence electrons. The summed E-state index contributed by atoms with van der Waals surface area (Å²) in [5, 5.41) is 0. The van der Waals surface area contributed by atoms with Gasteiger partial charge in [0.15, 0.2) is 0 Å². The van der Waals surface area contributed by atoms with E-state index in [1.54, 1.807) is 0 Å². The summed E-state index contributed by atoms with van der Waals surface area (Å²) in [7, 11) is 0. The molecule has 2 atom stereocenters. The van der Waals surface area contributed by atoms with E-state index in [4.69, 9.17) is 4.74 Å². The number of ether oxygens (including phenoxy) is 1. The Hall–Kier alpha value is 0.0500. The molecule has 0 radical (unpaired) electrons. The minimum absolute atomic E-state index is 0.127. The van der Waals surface area contributed by atoms with Crippen LogP contribution >= 0.6 is 11.8 Å². The molecule has 1 nitrogen and oxygen atoms in total. The minimum Gasteiger partial charge on any atom is -0.358 e. The molecule has 2 heteroatoms. The highest BCUT2D eigenvalue weighted by atomic mass is 32.2. The fourth-order valence-electron chi connectivity index (χ4n) is 1.03. The fraction of sp³-hybridized carbons (Fsp3) is 0.750. The van der Waals surface area contributed by atoms with E-state index in [9.17, 15) is 0 Å². The Morgan fingerprint density at radius 2 is 2.50 bits per heavy atom. The molecule has 1 saturated heterocycles. The lowest BCUT2D eigenvalue weighted by Crippen LogP contribution is -2.32. The third-order valence-corrected chi connectivity index (χ3v) is 2.99. The van der Waals surface area contributed by atoms with E-state index < -0.39 is 0 Å². The van der Waals surface area contributed by atoms with Crippen molar-refractivity contribution in [3.63, 3.8) is 0 Å². The molecule has 0 aromatic carbocycles. The molecule has 1 aliphatic rings. The zero-order valence-corrected chi connectivity index (χ0v) is 7.41. The maximum atomic E-state index is 5.67. The van der Waals surface area contributed by atoms with E-state index in [-0.39, 0.29) is 4.93 Å². The van der Waals surface area contributed by atoms with Gasteiger partial charge < -0.3 is 4.74 Å². The maximum absolute atomic E-state index is 5.67. The van der Waals surface area contributed by atoms with Crippen LogP contribution in [0, 0.1) is 0 Å². The largest absolute Gasteiger partial charge is 0.358 e. The molecular formula is C8H14OS. The van der Waals surface area contributed by atoms with Crippen molar-refractivity contribution in [2.45, 2.75) is 31.3 Å². The van der Waals surface area contributed by atoms with E-state index in [2.05, 4.69) is 20.4 Å². The van der Waals surface area contributed by atoms with Crippen LogP contribution in [0.2, 0.25) is 0 Å². The van der Waals surface area contributed by atoms with Crippen molar-refractivity contribution in [3.8, 4) is 0 Å². The quantitative estimate of drug-likeness (QED) is 0.542. The summed E-state index contributed by atoms with van der Waals surface area (Å²) in [5.41, 5.74) is 0. The first-order valence-corrected chi connectivity index (χ1v) is 4.60. The molecular weight excluding hydrogens is 144 g/mol. The molecule has 1 rings (SSSR count). The first-order valence-electron chi connectivity index (χ1n) is 3.62. The Morgan fingerprint density at radius 1 is 1.80 bits per heavy atom. The summed E-state index contributed by atoms with van der Waals surface area (Å²) in [6.45, 7) is 7.93. The van der Waals surface area contributed by atoms with Crippen LogP contribution in [0.25, 0.3) is 0 Å². The second-order valence-electron chi connectivity index (χ2n) is 2.79. The van der Waals surface area contributed by atoms with Gasteiger partial charge in [-0.1, -0.05) is 12.7 Å². The molecule has 0 aliphatic carbocycles. The van der Waals surface area contributed by atoms with Crippen molar-refractivity contribution < 1.29 is 4.74 Å². The lowest BCUT2D eigenvalue weighted by Gasteiger charge is -2.34. The van der Waals surface area contributed by atoms with Crippen LogP contribution in [-0.4, -0.2) is 16.8 Å². The Balaban J connectivity index is 2.53. The molecule has 2 unspecified atom stereocenters. The van der Waals surface area contributed by atoms with Crippen molar-refractivity contribution in [1.29, 1.82) is 0 Å². The van der Waals surface area contributed by atoms with Crippen molar-refractivity contribution in [1.82, 2.24) is 0 Å². The molecule has 0 N–H and O–H groups in total. The summed E-state index contributed by atoms with van der Waals surface area (Å²) in [4.78, 5) is -0.127. The van der Waals surface area contributed by atoms with Gasteiger partial charge in [-0.15, -0.1) is 11.8 Å². The molecule has 0 aromatic heterocycles. The van der Waals surface area contributed by atoms with Gasteiger partial charge in [0, 0.05) is 0 Å². The van der Waals surface area contributed by atoms with Gasteiger partial charge in [-0.3, -0.25) is 0 Å². The minimum atomic E-state index is -0.127. The molecule has 1 fully saturated rings. The van der Waals surface area contributed by atoms with Crippen molar-refractivity contribution >= 4 is 11.8 Å². The third kappa shape index (κ3) is 1.77. The van der Waals surface area contributed by atoms with E-state index in [0.717, 1.165) is 6.42 Å². The zero-order valence-electron chi connectivity index (χ0n) is 6.59. The predicted molar refractivity (Wildman–Crippen MR) is 46.2 cm³/mol. The molecule has 1 aliphatic heterocycles. The average Bonchev–Trinajstić information content (AvgIpc) is 1.88. The van der Waals surface area contributed by atoms with Crippen molar-refractivity contribution in [3.05, 3.63) is 12.7 Å². The average molecular weight is 158 g/mol. The normalized spacial score (nSPS) is 41.2. The monoisotopic (exact) mass is 158 g/mol. The van der Waals surface area contributed by atoms with Gasteiger partial charge in [0.2, 0.25) is 0 Å². The highest BCUT2D eigenvalue weighted by Gasteiger charge is 2.28. The van der Waals surface area contributed by atoms with Crippen molar-refractivity contribution in [2.75, 3.05) is 5.75 Å². The molecule has 0 aromatic rings. The van der Waals surface area contributed by atoms with Crippen molar-refractivity contribution in [2.24, 2.45) is 0 Å². The molecule has 0 saturated carbocycles. The molecule has 0 bridgehead atoms. The number of hydrogen-bond donors (Lipinski definition) is 0. The van der Waals surface area contributed by atoms with Gasteiger partial charge in [0.1, 0.15) is 4.93 Å². The SMILES string of the molecule is C=CC1(C)OC(C)CCS1. The van der Waals surface area contributed by atoms with Gasteiger partial charge in [0.05, 0.1) is 6.10 Å². The van der Waals surface area contributed by atoms with Crippen LogP contribution in [0.4, 0.5) is 0 Å². The standard InChI is InChI=1S/C8H14OS/c1-4-8(3)9-7(2)5-6-10-8/h4,7H,1,5-6H2,2-3H3. The topological polar surface area (TPSA) is 9.23 Å². The second kappa shape index (κ2) is 2.97. The smallest absolute Gasteiger partial charge is 0.129 e. The number of rotatable bonds is 1. The highest BCUT2D eigenvalue weighted by molar-refractivity contribution is 8.00. The lowest BCUT2D eigenvalue weighted by molar-refractivity contribution is 0.00452. The number of thioether (sulfide) groups is 1. The zero-order chi connectivity index (χ0) is 7.61. The van der Waals surface area contributed by atoms with Crippen LogP contribution in [0.5, 0.6) is 0 Å².